The van der Waals surface area contributed by atoms with Crippen LogP contribution in [0.5, 0.6) is 0 Å². The molecule has 0 saturated carbocycles. The minimum absolute atomic E-state index is 0.343. The normalized spacial score (nSPS) is 10.7. The maximum Gasteiger partial charge on any atom is 0.490 e. The zero-order chi connectivity index (χ0) is 14.6. The van der Waals surface area contributed by atoms with Gasteiger partial charge in [-0.1, -0.05) is 0 Å². The molecule has 1 amide bonds. The largest absolute Gasteiger partial charge is 0.490 e. The van der Waals surface area contributed by atoms with Gasteiger partial charge in [0.15, 0.2) is 5.65 Å². The predicted molar refractivity (Wildman–Crippen MR) is 55.2 cm³/mol. The lowest BCUT2D eigenvalue weighted by atomic mass is 10.3. The van der Waals surface area contributed by atoms with Gasteiger partial charge in [0.2, 0.25) is 0 Å². The van der Waals surface area contributed by atoms with Gasteiger partial charge in [-0.2, -0.15) is 18.3 Å². The summed E-state index contributed by atoms with van der Waals surface area (Å²) in [6, 6.07) is 1.73. The van der Waals surface area contributed by atoms with Crippen molar-refractivity contribution in [2.24, 2.45) is 5.73 Å². The summed E-state index contributed by atoms with van der Waals surface area (Å²) in [6.45, 7) is 0. The molecule has 7 nitrogen and oxygen atoms in total. The first kappa shape index (κ1) is 14.4. The Hall–Kier alpha value is -2.65. The zero-order valence-corrected chi connectivity index (χ0v) is 9.13. The molecule has 0 atom stereocenters. The number of hydrogen-bond donors (Lipinski definition) is 2. The highest BCUT2D eigenvalue weighted by atomic mass is 19.4. The molecule has 0 fully saturated rings. The van der Waals surface area contributed by atoms with E-state index in [9.17, 15) is 18.0 Å². The standard InChI is InChI=1S/C7H6N4O.C2HF3O2/c8-6(12)5-4-10-11-3-1-2-9-7(5)11;3-2(4,5)1(6)7/h1-4H,(H2,8,12);(H,6,7). The summed E-state index contributed by atoms with van der Waals surface area (Å²) < 4.78 is 33.2. The first-order valence-corrected chi connectivity index (χ1v) is 4.61. The Bertz CT molecular complexity index is 608. The summed E-state index contributed by atoms with van der Waals surface area (Å²) in [6.07, 6.45) is -0.386. The number of hydrogen-bond acceptors (Lipinski definition) is 4. The number of carbonyl (C=O) groups excluding carboxylic acids is 1. The van der Waals surface area contributed by atoms with Crippen LogP contribution in [0.2, 0.25) is 0 Å². The van der Waals surface area contributed by atoms with E-state index in [1.165, 1.54) is 10.7 Å². The average molecular weight is 276 g/mol. The molecule has 2 aromatic rings. The van der Waals surface area contributed by atoms with Gasteiger partial charge < -0.3 is 10.8 Å². The number of aromatic nitrogens is 3. The highest BCUT2D eigenvalue weighted by molar-refractivity contribution is 5.98. The topological polar surface area (TPSA) is 111 Å². The number of nitrogens with two attached hydrogens (primary N) is 1. The number of halogens is 3. The molecule has 0 radical (unpaired) electrons. The van der Waals surface area contributed by atoms with E-state index < -0.39 is 18.1 Å². The fraction of sp³-hybridized carbons (Fsp3) is 0.111. The second-order valence-electron chi connectivity index (χ2n) is 3.11. The molecule has 10 heteroatoms. The second-order valence-corrected chi connectivity index (χ2v) is 3.11. The third-order valence-corrected chi connectivity index (χ3v) is 1.79. The highest BCUT2D eigenvalue weighted by Crippen LogP contribution is 2.13. The van der Waals surface area contributed by atoms with Crippen LogP contribution in [0.25, 0.3) is 5.65 Å². The van der Waals surface area contributed by atoms with E-state index in [1.54, 1.807) is 18.5 Å². The smallest absolute Gasteiger partial charge is 0.475 e. The van der Waals surface area contributed by atoms with Crippen molar-refractivity contribution in [2.45, 2.75) is 6.18 Å². The lowest BCUT2D eigenvalue weighted by Crippen LogP contribution is -2.21. The molecule has 0 spiro atoms. The van der Waals surface area contributed by atoms with Crippen LogP contribution in [0.4, 0.5) is 13.2 Å². The van der Waals surface area contributed by atoms with Crippen LogP contribution < -0.4 is 5.73 Å². The molecule has 2 rings (SSSR count). The molecule has 19 heavy (non-hydrogen) atoms. The number of alkyl halides is 3. The van der Waals surface area contributed by atoms with Gasteiger partial charge in [0.1, 0.15) is 5.56 Å². The lowest BCUT2D eigenvalue weighted by Gasteiger charge is -1.93. The van der Waals surface area contributed by atoms with Crippen molar-refractivity contribution in [1.29, 1.82) is 0 Å². The molecular weight excluding hydrogens is 269 g/mol. The summed E-state index contributed by atoms with van der Waals surface area (Å²) in [7, 11) is 0. The Morgan fingerprint density at radius 2 is 1.95 bits per heavy atom. The Morgan fingerprint density at radius 1 is 1.37 bits per heavy atom. The van der Waals surface area contributed by atoms with Gasteiger partial charge in [0, 0.05) is 12.4 Å². The Labute approximate surface area is 103 Å². The molecule has 0 aromatic carbocycles. The van der Waals surface area contributed by atoms with Crippen molar-refractivity contribution in [1.82, 2.24) is 14.6 Å². The average Bonchev–Trinajstić information content (AvgIpc) is 2.72. The van der Waals surface area contributed by atoms with Crippen LogP contribution in [-0.2, 0) is 4.79 Å². The number of carbonyl (C=O) groups is 2. The molecule has 0 unspecified atom stereocenters. The lowest BCUT2D eigenvalue weighted by molar-refractivity contribution is -0.192. The van der Waals surface area contributed by atoms with Crippen molar-refractivity contribution in [3.63, 3.8) is 0 Å². The number of aliphatic carboxylic acids is 1. The van der Waals surface area contributed by atoms with Crippen LogP contribution in [-0.4, -0.2) is 37.8 Å². The Balaban J connectivity index is 0.000000224. The fourth-order valence-electron chi connectivity index (χ4n) is 1.00. The number of fused-ring (bicyclic) bond motifs is 1. The van der Waals surface area contributed by atoms with Crippen molar-refractivity contribution in [2.75, 3.05) is 0 Å². The summed E-state index contributed by atoms with van der Waals surface area (Å²) in [5.41, 5.74) is 5.93. The van der Waals surface area contributed by atoms with Crippen molar-refractivity contribution < 1.29 is 27.9 Å². The highest BCUT2D eigenvalue weighted by Gasteiger charge is 2.38. The number of nitrogens with zero attached hydrogens (tertiary/aromatic N) is 3. The van der Waals surface area contributed by atoms with E-state index in [0.29, 0.717) is 11.2 Å². The van der Waals surface area contributed by atoms with E-state index in [1.807, 2.05) is 0 Å². The molecule has 0 bridgehead atoms. The Morgan fingerprint density at radius 3 is 2.42 bits per heavy atom. The number of amides is 1. The molecule has 0 aliphatic heterocycles. The summed E-state index contributed by atoms with van der Waals surface area (Å²) in [5, 5.41) is 11.0. The van der Waals surface area contributed by atoms with Gasteiger partial charge in [-0.25, -0.2) is 14.3 Å². The van der Waals surface area contributed by atoms with Crippen molar-refractivity contribution in [3.05, 3.63) is 30.2 Å². The number of carboxylic acids is 1. The Kier molecular flexibility index (Phi) is 4.04. The summed E-state index contributed by atoms with van der Waals surface area (Å²) in [5.74, 6) is -3.27. The summed E-state index contributed by atoms with van der Waals surface area (Å²) in [4.78, 5) is 23.7. The van der Waals surface area contributed by atoms with Gasteiger partial charge in [0.25, 0.3) is 5.91 Å². The molecule has 0 saturated heterocycles. The predicted octanol–water partition coefficient (Wildman–Crippen LogP) is 0.461. The van der Waals surface area contributed by atoms with E-state index in [4.69, 9.17) is 15.6 Å². The maximum absolute atomic E-state index is 10.8. The fourth-order valence-corrected chi connectivity index (χ4v) is 1.00. The van der Waals surface area contributed by atoms with Crippen LogP contribution >= 0.6 is 0 Å². The molecule has 2 heterocycles. The third-order valence-electron chi connectivity index (χ3n) is 1.79. The van der Waals surface area contributed by atoms with Crippen LogP contribution in [0.1, 0.15) is 10.4 Å². The first-order valence-electron chi connectivity index (χ1n) is 4.61. The monoisotopic (exact) mass is 276 g/mol. The SMILES string of the molecule is NC(=O)c1cnn2cccnc12.O=C(O)C(F)(F)F. The second kappa shape index (κ2) is 5.33. The minimum Gasteiger partial charge on any atom is -0.475 e. The van der Waals surface area contributed by atoms with E-state index in [0.717, 1.165) is 0 Å². The number of rotatable bonds is 1. The quantitative estimate of drug-likeness (QED) is 0.786. The summed E-state index contributed by atoms with van der Waals surface area (Å²) >= 11 is 0. The van der Waals surface area contributed by atoms with Gasteiger partial charge in [-0.05, 0) is 6.07 Å². The van der Waals surface area contributed by atoms with E-state index in [2.05, 4.69) is 10.1 Å². The van der Waals surface area contributed by atoms with Crippen LogP contribution in [0.15, 0.2) is 24.7 Å². The van der Waals surface area contributed by atoms with Crippen LogP contribution in [0.3, 0.4) is 0 Å². The molecule has 102 valence electrons. The van der Waals surface area contributed by atoms with Gasteiger partial charge in [-0.3, -0.25) is 4.79 Å². The van der Waals surface area contributed by atoms with E-state index in [-0.39, 0.29) is 0 Å². The maximum atomic E-state index is 10.8. The van der Waals surface area contributed by atoms with E-state index >= 15 is 0 Å². The molecular formula is C9H7F3N4O3. The zero-order valence-electron chi connectivity index (χ0n) is 9.13. The van der Waals surface area contributed by atoms with Crippen molar-refractivity contribution in [3.8, 4) is 0 Å². The first-order chi connectivity index (χ1) is 8.73. The van der Waals surface area contributed by atoms with Crippen molar-refractivity contribution >= 4 is 17.5 Å². The molecule has 2 aromatic heterocycles. The van der Waals surface area contributed by atoms with Gasteiger partial charge >= 0.3 is 12.1 Å². The number of carboxylic acid groups (broad SMARTS) is 1. The number of primary amides is 1. The molecule has 0 aliphatic carbocycles. The third kappa shape index (κ3) is 3.66. The molecule has 0 aliphatic rings. The van der Waals surface area contributed by atoms with Gasteiger partial charge in [0.05, 0.1) is 6.20 Å². The minimum atomic E-state index is -5.08. The molecule has 3 N–H and O–H groups in total. The van der Waals surface area contributed by atoms with Gasteiger partial charge in [-0.15, -0.1) is 0 Å². The van der Waals surface area contributed by atoms with Crippen LogP contribution in [0, 0.1) is 0 Å².